The standard InChI is InChI=1S/C14H21NO3/c1-4-11-5-7-12(8-6-11)18-9-13(14(16)17)15-10(2)3/h5-8,10,13,15H,4,9H2,1-3H3,(H,16,17). The molecule has 18 heavy (non-hydrogen) atoms. The molecule has 1 aromatic carbocycles. The molecule has 1 unspecified atom stereocenters. The molecule has 4 nitrogen and oxygen atoms in total. The first-order chi connectivity index (χ1) is 8.52. The van der Waals surface area contributed by atoms with Gasteiger partial charge in [0.15, 0.2) is 0 Å². The van der Waals surface area contributed by atoms with Crippen molar-refractivity contribution < 1.29 is 14.6 Å². The van der Waals surface area contributed by atoms with E-state index in [-0.39, 0.29) is 12.6 Å². The van der Waals surface area contributed by atoms with Gasteiger partial charge in [-0.1, -0.05) is 32.9 Å². The minimum Gasteiger partial charge on any atom is -0.491 e. The van der Waals surface area contributed by atoms with E-state index in [0.717, 1.165) is 6.42 Å². The first kappa shape index (κ1) is 14.5. The van der Waals surface area contributed by atoms with Crippen LogP contribution >= 0.6 is 0 Å². The normalized spacial score (nSPS) is 12.4. The Morgan fingerprint density at radius 3 is 2.39 bits per heavy atom. The molecule has 4 heteroatoms. The first-order valence-electron chi connectivity index (χ1n) is 6.23. The Balaban J connectivity index is 2.52. The van der Waals surface area contributed by atoms with Crippen LogP contribution in [0.3, 0.4) is 0 Å². The van der Waals surface area contributed by atoms with Gasteiger partial charge in [-0.05, 0) is 24.1 Å². The van der Waals surface area contributed by atoms with Crippen LogP contribution in [0.25, 0.3) is 0 Å². The molecular formula is C14H21NO3. The van der Waals surface area contributed by atoms with Gasteiger partial charge in [0, 0.05) is 6.04 Å². The van der Waals surface area contributed by atoms with Gasteiger partial charge in [0.25, 0.3) is 0 Å². The number of benzene rings is 1. The molecule has 1 aromatic rings. The second-order valence-electron chi connectivity index (χ2n) is 4.52. The summed E-state index contributed by atoms with van der Waals surface area (Å²) in [6.07, 6.45) is 0.979. The van der Waals surface area contributed by atoms with Crippen molar-refractivity contribution in [3.63, 3.8) is 0 Å². The van der Waals surface area contributed by atoms with Crippen molar-refractivity contribution in [2.45, 2.75) is 39.3 Å². The second kappa shape index (κ2) is 7.01. The molecule has 0 aliphatic carbocycles. The van der Waals surface area contributed by atoms with Gasteiger partial charge < -0.3 is 9.84 Å². The lowest BCUT2D eigenvalue weighted by Gasteiger charge is -2.17. The van der Waals surface area contributed by atoms with Crippen molar-refractivity contribution in [1.82, 2.24) is 5.32 Å². The summed E-state index contributed by atoms with van der Waals surface area (Å²) in [4.78, 5) is 11.0. The van der Waals surface area contributed by atoms with E-state index in [0.29, 0.717) is 5.75 Å². The lowest BCUT2D eigenvalue weighted by atomic mass is 10.2. The number of rotatable bonds is 7. The summed E-state index contributed by atoms with van der Waals surface area (Å²) in [7, 11) is 0. The molecule has 0 fully saturated rings. The van der Waals surface area contributed by atoms with Gasteiger partial charge in [0.2, 0.25) is 0 Å². The summed E-state index contributed by atoms with van der Waals surface area (Å²) in [5.74, 6) is -0.196. The van der Waals surface area contributed by atoms with Gasteiger partial charge in [-0.25, -0.2) is 0 Å². The van der Waals surface area contributed by atoms with Crippen LogP contribution < -0.4 is 10.1 Å². The lowest BCUT2D eigenvalue weighted by Crippen LogP contribution is -2.44. The number of hydrogen-bond donors (Lipinski definition) is 2. The number of ether oxygens (including phenoxy) is 1. The Morgan fingerprint density at radius 1 is 1.33 bits per heavy atom. The molecule has 1 rings (SSSR count). The Morgan fingerprint density at radius 2 is 1.94 bits per heavy atom. The number of carboxylic acid groups (broad SMARTS) is 1. The Bertz CT molecular complexity index is 373. The Hall–Kier alpha value is -1.55. The number of carbonyl (C=O) groups is 1. The first-order valence-corrected chi connectivity index (χ1v) is 6.23. The molecule has 0 radical (unpaired) electrons. The average Bonchev–Trinajstić information content (AvgIpc) is 2.34. The van der Waals surface area contributed by atoms with Gasteiger partial charge in [-0.2, -0.15) is 0 Å². The number of hydrogen-bond acceptors (Lipinski definition) is 3. The van der Waals surface area contributed by atoms with E-state index in [1.165, 1.54) is 5.56 Å². The number of carboxylic acids is 1. The number of aliphatic carboxylic acids is 1. The molecule has 0 aromatic heterocycles. The second-order valence-corrected chi connectivity index (χ2v) is 4.52. The fraction of sp³-hybridized carbons (Fsp3) is 0.500. The molecule has 0 aliphatic heterocycles. The van der Waals surface area contributed by atoms with Crippen LogP contribution in [0.2, 0.25) is 0 Å². The minimum absolute atomic E-state index is 0.108. The largest absolute Gasteiger partial charge is 0.491 e. The summed E-state index contributed by atoms with van der Waals surface area (Å²) in [6, 6.07) is 7.13. The highest BCUT2D eigenvalue weighted by atomic mass is 16.5. The monoisotopic (exact) mass is 251 g/mol. The van der Waals surface area contributed by atoms with Crippen molar-refractivity contribution in [1.29, 1.82) is 0 Å². The van der Waals surface area contributed by atoms with Gasteiger partial charge >= 0.3 is 5.97 Å². The zero-order chi connectivity index (χ0) is 13.5. The Labute approximate surface area is 108 Å². The van der Waals surface area contributed by atoms with E-state index in [2.05, 4.69) is 12.2 Å². The van der Waals surface area contributed by atoms with Crippen LogP contribution in [0.5, 0.6) is 5.75 Å². The van der Waals surface area contributed by atoms with E-state index in [4.69, 9.17) is 9.84 Å². The van der Waals surface area contributed by atoms with Crippen molar-refractivity contribution in [2.75, 3.05) is 6.61 Å². The SMILES string of the molecule is CCc1ccc(OCC(NC(C)C)C(=O)O)cc1. The number of aryl methyl sites for hydroxylation is 1. The molecule has 0 saturated heterocycles. The zero-order valence-electron chi connectivity index (χ0n) is 11.1. The van der Waals surface area contributed by atoms with Crippen molar-refractivity contribution in [3.05, 3.63) is 29.8 Å². The third kappa shape index (κ3) is 4.75. The quantitative estimate of drug-likeness (QED) is 0.779. The van der Waals surface area contributed by atoms with Crippen LogP contribution in [0.15, 0.2) is 24.3 Å². The maximum absolute atomic E-state index is 11.0. The molecule has 1 atom stereocenters. The molecule has 100 valence electrons. The third-order valence-corrected chi connectivity index (χ3v) is 2.58. The highest BCUT2D eigenvalue weighted by Crippen LogP contribution is 2.12. The molecule has 0 spiro atoms. The smallest absolute Gasteiger partial charge is 0.324 e. The molecule has 0 amide bonds. The van der Waals surface area contributed by atoms with Crippen LogP contribution in [0.1, 0.15) is 26.3 Å². The van der Waals surface area contributed by atoms with Crippen molar-refractivity contribution in [2.24, 2.45) is 0 Å². The Kier molecular flexibility index (Phi) is 5.65. The maximum atomic E-state index is 11.0. The summed E-state index contributed by atoms with van der Waals surface area (Å²) in [5, 5.41) is 12.0. The molecule has 0 heterocycles. The summed E-state index contributed by atoms with van der Waals surface area (Å²) < 4.78 is 5.49. The van der Waals surface area contributed by atoms with E-state index in [1.807, 2.05) is 38.1 Å². The van der Waals surface area contributed by atoms with Crippen LogP contribution in [0, 0.1) is 0 Å². The molecule has 0 aliphatic rings. The van der Waals surface area contributed by atoms with E-state index in [9.17, 15) is 4.79 Å². The average molecular weight is 251 g/mol. The van der Waals surface area contributed by atoms with Crippen LogP contribution in [-0.2, 0) is 11.2 Å². The highest BCUT2D eigenvalue weighted by Gasteiger charge is 2.18. The van der Waals surface area contributed by atoms with Crippen LogP contribution in [0.4, 0.5) is 0 Å². The molecule has 0 bridgehead atoms. The maximum Gasteiger partial charge on any atom is 0.324 e. The predicted molar refractivity (Wildman–Crippen MR) is 71.0 cm³/mol. The van der Waals surface area contributed by atoms with Crippen molar-refractivity contribution >= 4 is 5.97 Å². The molecule has 0 saturated carbocycles. The summed E-state index contributed by atoms with van der Waals surface area (Å²) in [6.45, 7) is 6.03. The lowest BCUT2D eigenvalue weighted by molar-refractivity contribution is -0.140. The zero-order valence-corrected chi connectivity index (χ0v) is 11.1. The highest BCUT2D eigenvalue weighted by molar-refractivity contribution is 5.73. The fourth-order valence-corrected chi connectivity index (χ4v) is 1.59. The van der Waals surface area contributed by atoms with E-state index in [1.54, 1.807) is 0 Å². The van der Waals surface area contributed by atoms with Gasteiger partial charge in [-0.3, -0.25) is 10.1 Å². The summed E-state index contributed by atoms with van der Waals surface area (Å²) >= 11 is 0. The van der Waals surface area contributed by atoms with Crippen LogP contribution in [-0.4, -0.2) is 29.8 Å². The third-order valence-electron chi connectivity index (χ3n) is 2.58. The summed E-state index contributed by atoms with van der Waals surface area (Å²) in [5.41, 5.74) is 1.23. The van der Waals surface area contributed by atoms with E-state index < -0.39 is 12.0 Å². The van der Waals surface area contributed by atoms with Gasteiger partial charge in [-0.15, -0.1) is 0 Å². The minimum atomic E-state index is -0.895. The molecular weight excluding hydrogens is 230 g/mol. The van der Waals surface area contributed by atoms with Gasteiger partial charge in [0.1, 0.15) is 18.4 Å². The molecule has 2 N–H and O–H groups in total. The fourth-order valence-electron chi connectivity index (χ4n) is 1.59. The van der Waals surface area contributed by atoms with E-state index >= 15 is 0 Å². The van der Waals surface area contributed by atoms with Crippen molar-refractivity contribution in [3.8, 4) is 5.75 Å². The van der Waals surface area contributed by atoms with Gasteiger partial charge in [0.05, 0.1) is 0 Å². The topological polar surface area (TPSA) is 58.6 Å². The number of nitrogens with one attached hydrogen (secondary N) is 1. The predicted octanol–water partition coefficient (Wildman–Crippen LogP) is 2.08.